The first-order valence-electron chi connectivity index (χ1n) is 6.67. The van der Waals surface area contributed by atoms with Gasteiger partial charge in [-0.15, -0.1) is 0 Å². The highest BCUT2D eigenvalue weighted by atomic mass is 19.1. The molecule has 1 fully saturated rings. The van der Waals surface area contributed by atoms with E-state index in [1.807, 2.05) is 6.07 Å². The van der Waals surface area contributed by atoms with Gasteiger partial charge in [0.05, 0.1) is 7.11 Å². The fraction of sp³-hybridized carbons (Fsp3) is 0.600. The predicted molar refractivity (Wildman–Crippen MR) is 71.3 cm³/mol. The van der Waals surface area contributed by atoms with Gasteiger partial charge in [0.25, 0.3) is 0 Å². The van der Waals surface area contributed by atoms with E-state index in [0.29, 0.717) is 11.2 Å². The van der Waals surface area contributed by atoms with Crippen LogP contribution >= 0.6 is 0 Å². The molecule has 2 rings (SSSR count). The minimum atomic E-state index is -0.291. The van der Waals surface area contributed by atoms with Gasteiger partial charge in [-0.05, 0) is 49.3 Å². The summed E-state index contributed by atoms with van der Waals surface area (Å²) in [5, 5.41) is 3.51. The van der Waals surface area contributed by atoms with Gasteiger partial charge in [0, 0.05) is 12.6 Å². The maximum Gasteiger partial charge on any atom is 0.165 e. The number of halogens is 1. The summed E-state index contributed by atoms with van der Waals surface area (Å²) in [6.07, 6.45) is 3.87. The minimum Gasteiger partial charge on any atom is -0.494 e. The number of methoxy groups -OCH3 is 1. The molecule has 0 saturated heterocycles. The van der Waals surface area contributed by atoms with Crippen molar-refractivity contribution in [2.75, 3.05) is 13.7 Å². The molecule has 0 aromatic heterocycles. The van der Waals surface area contributed by atoms with Gasteiger partial charge in [0.15, 0.2) is 11.6 Å². The molecule has 1 unspecified atom stereocenters. The highest BCUT2D eigenvalue weighted by molar-refractivity contribution is 5.30. The lowest BCUT2D eigenvalue weighted by molar-refractivity contribution is 0.384. The molecule has 1 aliphatic carbocycles. The molecule has 0 bridgehead atoms. The van der Waals surface area contributed by atoms with Crippen molar-refractivity contribution in [1.29, 1.82) is 0 Å². The van der Waals surface area contributed by atoms with E-state index < -0.39 is 0 Å². The third kappa shape index (κ3) is 2.83. The third-order valence-electron chi connectivity index (χ3n) is 4.17. The Morgan fingerprint density at radius 1 is 1.44 bits per heavy atom. The molecule has 100 valence electrons. The molecule has 0 amide bonds. The summed E-state index contributed by atoms with van der Waals surface area (Å²) >= 11 is 0. The fourth-order valence-corrected chi connectivity index (χ4v) is 2.27. The Morgan fingerprint density at radius 2 is 2.17 bits per heavy atom. The highest BCUT2D eigenvalue weighted by Crippen LogP contribution is 2.48. The molecule has 0 aliphatic heterocycles. The van der Waals surface area contributed by atoms with Gasteiger partial charge in [-0.2, -0.15) is 0 Å². The summed E-state index contributed by atoms with van der Waals surface area (Å²) in [6, 6.07) is 5.34. The zero-order valence-electron chi connectivity index (χ0n) is 11.4. The monoisotopic (exact) mass is 251 g/mol. The second kappa shape index (κ2) is 5.27. The lowest BCUT2D eigenvalue weighted by Gasteiger charge is -2.19. The average Bonchev–Trinajstić information content (AvgIpc) is 3.16. The van der Waals surface area contributed by atoms with E-state index >= 15 is 0 Å². The van der Waals surface area contributed by atoms with Crippen molar-refractivity contribution in [2.24, 2.45) is 5.41 Å². The first-order chi connectivity index (χ1) is 8.60. The maximum atomic E-state index is 13.6. The second-order valence-electron chi connectivity index (χ2n) is 5.35. The summed E-state index contributed by atoms with van der Waals surface area (Å²) < 4.78 is 18.5. The van der Waals surface area contributed by atoms with E-state index in [-0.39, 0.29) is 11.9 Å². The van der Waals surface area contributed by atoms with Crippen LogP contribution < -0.4 is 10.1 Å². The first-order valence-corrected chi connectivity index (χ1v) is 6.67. The van der Waals surface area contributed by atoms with Crippen LogP contribution in [0.4, 0.5) is 4.39 Å². The Labute approximate surface area is 109 Å². The molecular weight excluding hydrogens is 229 g/mol. The molecule has 1 atom stereocenters. The Balaban J connectivity index is 1.96. The van der Waals surface area contributed by atoms with Gasteiger partial charge in [0.2, 0.25) is 0 Å². The molecule has 1 aromatic rings. The van der Waals surface area contributed by atoms with Gasteiger partial charge in [-0.25, -0.2) is 4.39 Å². The van der Waals surface area contributed by atoms with Crippen molar-refractivity contribution in [3.05, 3.63) is 29.6 Å². The number of rotatable bonds is 6. The van der Waals surface area contributed by atoms with E-state index in [0.717, 1.165) is 12.1 Å². The van der Waals surface area contributed by atoms with Crippen LogP contribution in [0.1, 0.15) is 44.7 Å². The van der Waals surface area contributed by atoms with Crippen molar-refractivity contribution < 1.29 is 9.13 Å². The second-order valence-corrected chi connectivity index (χ2v) is 5.35. The van der Waals surface area contributed by atoms with Crippen molar-refractivity contribution in [3.63, 3.8) is 0 Å². The van der Waals surface area contributed by atoms with Crippen LogP contribution in [0.2, 0.25) is 0 Å². The lowest BCUT2D eigenvalue weighted by Crippen LogP contribution is -2.26. The minimum absolute atomic E-state index is 0.175. The SMILES string of the molecule is CCC1(CNC(C)c2ccc(OC)c(F)c2)CC1. The lowest BCUT2D eigenvalue weighted by atomic mass is 10.0. The Morgan fingerprint density at radius 3 is 2.67 bits per heavy atom. The van der Waals surface area contributed by atoms with E-state index in [9.17, 15) is 4.39 Å². The van der Waals surface area contributed by atoms with Gasteiger partial charge in [0.1, 0.15) is 0 Å². The molecule has 1 aromatic carbocycles. The van der Waals surface area contributed by atoms with Crippen LogP contribution in [-0.2, 0) is 0 Å². The number of hydrogen-bond acceptors (Lipinski definition) is 2. The van der Waals surface area contributed by atoms with Crippen LogP contribution in [0.25, 0.3) is 0 Å². The summed E-state index contributed by atoms with van der Waals surface area (Å²) in [6.45, 7) is 5.34. The van der Waals surface area contributed by atoms with Gasteiger partial charge < -0.3 is 10.1 Å². The molecule has 1 N–H and O–H groups in total. The molecule has 1 aliphatic rings. The van der Waals surface area contributed by atoms with E-state index in [1.54, 1.807) is 12.1 Å². The van der Waals surface area contributed by atoms with Crippen LogP contribution in [0, 0.1) is 11.2 Å². The number of nitrogens with one attached hydrogen (secondary N) is 1. The standard InChI is InChI=1S/C15H22FNO/c1-4-15(7-8-15)10-17-11(2)12-5-6-14(18-3)13(16)9-12/h5-6,9,11,17H,4,7-8,10H2,1-3H3. The summed E-state index contributed by atoms with van der Waals surface area (Å²) in [5.41, 5.74) is 1.49. The van der Waals surface area contributed by atoms with E-state index in [4.69, 9.17) is 4.74 Å². The molecule has 18 heavy (non-hydrogen) atoms. The smallest absolute Gasteiger partial charge is 0.165 e. The Kier molecular flexibility index (Phi) is 3.91. The molecule has 2 nitrogen and oxygen atoms in total. The molecule has 3 heteroatoms. The fourth-order valence-electron chi connectivity index (χ4n) is 2.27. The number of benzene rings is 1. The Bertz CT molecular complexity index is 415. The van der Waals surface area contributed by atoms with Crippen molar-refractivity contribution in [1.82, 2.24) is 5.32 Å². The zero-order valence-corrected chi connectivity index (χ0v) is 11.4. The predicted octanol–water partition coefficient (Wildman–Crippen LogP) is 3.68. The normalized spacial score (nSPS) is 18.4. The van der Waals surface area contributed by atoms with Crippen LogP contribution in [0.15, 0.2) is 18.2 Å². The number of hydrogen-bond donors (Lipinski definition) is 1. The topological polar surface area (TPSA) is 21.3 Å². The van der Waals surface area contributed by atoms with E-state index in [2.05, 4.69) is 19.2 Å². The number of ether oxygens (including phenoxy) is 1. The molecule has 0 heterocycles. The maximum absolute atomic E-state index is 13.6. The van der Waals surface area contributed by atoms with Crippen molar-refractivity contribution >= 4 is 0 Å². The molecule has 0 spiro atoms. The van der Waals surface area contributed by atoms with Crippen molar-refractivity contribution in [2.45, 2.75) is 39.2 Å². The zero-order chi connectivity index (χ0) is 13.2. The van der Waals surface area contributed by atoms with Crippen LogP contribution in [0.5, 0.6) is 5.75 Å². The Hall–Kier alpha value is -1.09. The largest absolute Gasteiger partial charge is 0.494 e. The summed E-state index contributed by atoms with van der Waals surface area (Å²) in [5.74, 6) is 0.0125. The summed E-state index contributed by atoms with van der Waals surface area (Å²) in [4.78, 5) is 0. The average molecular weight is 251 g/mol. The first kappa shape index (κ1) is 13.3. The van der Waals surface area contributed by atoms with E-state index in [1.165, 1.54) is 26.4 Å². The van der Waals surface area contributed by atoms with Gasteiger partial charge in [-0.3, -0.25) is 0 Å². The van der Waals surface area contributed by atoms with Gasteiger partial charge in [-0.1, -0.05) is 13.0 Å². The summed E-state index contributed by atoms with van der Waals surface area (Å²) in [7, 11) is 1.48. The van der Waals surface area contributed by atoms with Crippen LogP contribution in [-0.4, -0.2) is 13.7 Å². The van der Waals surface area contributed by atoms with Gasteiger partial charge >= 0.3 is 0 Å². The quantitative estimate of drug-likeness (QED) is 0.832. The molecule has 1 saturated carbocycles. The molecule has 0 radical (unpaired) electrons. The third-order valence-corrected chi connectivity index (χ3v) is 4.17. The van der Waals surface area contributed by atoms with Crippen molar-refractivity contribution in [3.8, 4) is 5.75 Å². The van der Waals surface area contributed by atoms with Crippen LogP contribution in [0.3, 0.4) is 0 Å². The highest BCUT2D eigenvalue weighted by Gasteiger charge is 2.40. The molecular formula is C15H22FNO.